The van der Waals surface area contributed by atoms with Gasteiger partial charge in [-0.1, -0.05) is 6.92 Å². The van der Waals surface area contributed by atoms with Crippen molar-refractivity contribution in [2.45, 2.75) is 20.3 Å². The van der Waals surface area contributed by atoms with Crippen LogP contribution in [-0.4, -0.2) is 23.1 Å². The maximum atomic E-state index is 5.81. The van der Waals surface area contributed by atoms with Gasteiger partial charge in [0.15, 0.2) is 5.82 Å². The number of rotatable bonds is 1. The molecule has 1 unspecified atom stereocenters. The van der Waals surface area contributed by atoms with E-state index in [1.807, 2.05) is 6.92 Å². The number of hydrogen-bond donors (Lipinski definition) is 2. The van der Waals surface area contributed by atoms with Gasteiger partial charge in [-0.15, -0.1) is 0 Å². The Bertz CT molecular complexity index is 305. The summed E-state index contributed by atoms with van der Waals surface area (Å²) >= 11 is 0. The Balaban J connectivity index is 2.20. The Morgan fingerprint density at radius 3 is 2.85 bits per heavy atom. The smallest absolute Gasteiger partial charge is 0.171 e. The highest BCUT2D eigenvalue weighted by molar-refractivity contribution is 5.59. The first-order valence-corrected chi connectivity index (χ1v) is 4.74. The highest BCUT2D eigenvalue weighted by Gasteiger charge is 2.22. The number of aryl methyl sites for hydroxylation is 1. The SMILES string of the molecule is Cc1nc(N2CCC(C)C2)c(N)[nH]1. The van der Waals surface area contributed by atoms with Crippen LogP contribution < -0.4 is 10.6 Å². The Hall–Kier alpha value is -1.19. The lowest BCUT2D eigenvalue weighted by molar-refractivity contribution is 0.659. The van der Waals surface area contributed by atoms with Crippen molar-refractivity contribution >= 4 is 11.6 Å². The number of nitrogens with two attached hydrogens (primary N) is 1. The molecule has 1 aliphatic rings. The van der Waals surface area contributed by atoms with Gasteiger partial charge in [-0.2, -0.15) is 0 Å². The zero-order valence-corrected chi connectivity index (χ0v) is 8.17. The Morgan fingerprint density at radius 1 is 1.62 bits per heavy atom. The summed E-state index contributed by atoms with van der Waals surface area (Å²) < 4.78 is 0. The molecule has 4 nitrogen and oxygen atoms in total. The molecule has 3 N–H and O–H groups in total. The molecule has 0 amide bonds. The van der Waals surface area contributed by atoms with E-state index in [1.54, 1.807) is 0 Å². The summed E-state index contributed by atoms with van der Waals surface area (Å²) in [5, 5.41) is 0. The van der Waals surface area contributed by atoms with Crippen molar-refractivity contribution in [2.75, 3.05) is 23.7 Å². The van der Waals surface area contributed by atoms with Gasteiger partial charge in [-0.25, -0.2) is 4.98 Å². The van der Waals surface area contributed by atoms with Crippen LogP contribution in [0.3, 0.4) is 0 Å². The fourth-order valence-corrected chi connectivity index (χ4v) is 1.87. The number of aromatic nitrogens is 2. The van der Waals surface area contributed by atoms with Gasteiger partial charge in [0.1, 0.15) is 11.6 Å². The number of H-pyrrole nitrogens is 1. The Labute approximate surface area is 78.1 Å². The predicted octanol–water partition coefficient (Wildman–Crippen LogP) is 1.15. The van der Waals surface area contributed by atoms with Crippen LogP contribution in [0.1, 0.15) is 19.2 Å². The van der Waals surface area contributed by atoms with Gasteiger partial charge in [-0.3, -0.25) is 0 Å². The topological polar surface area (TPSA) is 57.9 Å². The molecule has 1 saturated heterocycles. The number of anilines is 2. The standard InChI is InChI=1S/C9H16N4/c1-6-3-4-13(5-6)9-8(10)11-7(2)12-9/h6H,3-5,10H2,1-2H3,(H,11,12). The molecule has 1 aromatic heterocycles. The maximum absolute atomic E-state index is 5.81. The van der Waals surface area contributed by atoms with Crippen molar-refractivity contribution in [3.05, 3.63) is 5.82 Å². The minimum absolute atomic E-state index is 0.701. The van der Waals surface area contributed by atoms with Gasteiger partial charge >= 0.3 is 0 Å². The summed E-state index contributed by atoms with van der Waals surface area (Å²) in [6.45, 7) is 6.35. The fourth-order valence-electron chi connectivity index (χ4n) is 1.87. The van der Waals surface area contributed by atoms with Crippen LogP contribution in [-0.2, 0) is 0 Å². The van der Waals surface area contributed by atoms with Crippen molar-refractivity contribution in [1.29, 1.82) is 0 Å². The first-order valence-electron chi connectivity index (χ1n) is 4.74. The van der Waals surface area contributed by atoms with E-state index in [0.29, 0.717) is 5.82 Å². The highest BCUT2D eigenvalue weighted by atomic mass is 15.2. The van der Waals surface area contributed by atoms with E-state index in [2.05, 4.69) is 21.8 Å². The van der Waals surface area contributed by atoms with Crippen LogP contribution in [0.15, 0.2) is 0 Å². The molecular weight excluding hydrogens is 164 g/mol. The fraction of sp³-hybridized carbons (Fsp3) is 0.667. The molecule has 72 valence electrons. The summed E-state index contributed by atoms with van der Waals surface area (Å²) in [6, 6.07) is 0. The van der Waals surface area contributed by atoms with E-state index in [1.165, 1.54) is 6.42 Å². The molecule has 0 saturated carbocycles. The van der Waals surface area contributed by atoms with Crippen LogP contribution >= 0.6 is 0 Å². The third-order valence-corrected chi connectivity index (χ3v) is 2.55. The third-order valence-electron chi connectivity index (χ3n) is 2.55. The second kappa shape index (κ2) is 2.94. The first kappa shape index (κ1) is 8.41. The normalized spacial score (nSPS) is 22.6. The maximum Gasteiger partial charge on any atom is 0.171 e. The third kappa shape index (κ3) is 1.48. The van der Waals surface area contributed by atoms with Gasteiger partial charge < -0.3 is 15.6 Å². The summed E-state index contributed by atoms with van der Waals surface area (Å²) in [6.07, 6.45) is 1.24. The lowest BCUT2D eigenvalue weighted by Gasteiger charge is -2.14. The molecule has 2 rings (SSSR count). The minimum Gasteiger partial charge on any atom is -0.382 e. The van der Waals surface area contributed by atoms with E-state index in [4.69, 9.17) is 5.73 Å². The molecule has 1 fully saturated rings. The summed E-state index contributed by atoms with van der Waals surface area (Å²) in [5.41, 5.74) is 5.81. The van der Waals surface area contributed by atoms with Crippen LogP contribution in [0.5, 0.6) is 0 Å². The summed E-state index contributed by atoms with van der Waals surface area (Å²) in [5.74, 6) is 3.29. The van der Waals surface area contributed by atoms with E-state index in [0.717, 1.165) is 30.6 Å². The molecule has 1 aromatic rings. The molecule has 0 aromatic carbocycles. The summed E-state index contributed by atoms with van der Waals surface area (Å²) in [7, 11) is 0. The molecule has 0 radical (unpaired) electrons. The number of imidazole rings is 1. The molecule has 0 spiro atoms. The second-order valence-electron chi connectivity index (χ2n) is 3.90. The van der Waals surface area contributed by atoms with E-state index in [9.17, 15) is 0 Å². The van der Waals surface area contributed by atoms with Crippen molar-refractivity contribution in [3.63, 3.8) is 0 Å². The molecule has 13 heavy (non-hydrogen) atoms. The van der Waals surface area contributed by atoms with Gasteiger partial charge in [0.25, 0.3) is 0 Å². The van der Waals surface area contributed by atoms with Crippen molar-refractivity contribution in [3.8, 4) is 0 Å². The van der Waals surface area contributed by atoms with Crippen LogP contribution in [0, 0.1) is 12.8 Å². The molecule has 4 heteroatoms. The number of aromatic amines is 1. The van der Waals surface area contributed by atoms with E-state index in [-0.39, 0.29) is 0 Å². The summed E-state index contributed by atoms with van der Waals surface area (Å²) in [4.78, 5) is 9.65. The lowest BCUT2D eigenvalue weighted by atomic mass is 10.2. The lowest BCUT2D eigenvalue weighted by Crippen LogP contribution is -2.20. The molecular formula is C9H16N4. The van der Waals surface area contributed by atoms with Crippen LogP contribution in [0.25, 0.3) is 0 Å². The minimum atomic E-state index is 0.701. The highest BCUT2D eigenvalue weighted by Crippen LogP contribution is 2.26. The van der Waals surface area contributed by atoms with Crippen molar-refractivity contribution < 1.29 is 0 Å². The first-order chi connectivity index (χ1) is 6.16. The van der Waals surface area contributed by atoms with Crippen molar-refractivity contribution in [2.24, 2.45) is 5.92 Å². The van der Waals surface area contributed by atoms with Gasteiger partial charge in [0.2, 0.25) is 0 Å². The van der Waals surface area contributed by atoms with Crippen molar-refractivity contribution in [1.82, 2.24) is 9.97 Å². The Kier molecular flexibility index (Phi) is 1.90. The average Bonchev–Trinajstić information content (AvgIpc) is 2.58. The number of hydrogen-bond acceptors (Lipinski definition) is 3. The second-order valence-corrected chi connectivity index (χ2v) is 3.90. The van der Waals surface area contributed by atoms with Crippen LogP contribution in [0.4, 0.5) is 11.6 Å². The van der Waals surface area contributed by atoms with E-state index >= 15 is 0 Å². The van der Waals surface area contributed by atoms with E-state index < -0.39 is 0 Å². The monoisotopic (exact) mass is 180 g/mol. The van der Waals surface area contributed by atoms with Gasteiger partial charge in [-0.05, 0) is 19.3 Å². The number of nitrogens with zero attached hydrogens (tertiary/aromatic N) is 2. The quantitative estimate of drug-likeness (QED) is 0.681. The largest absolute Gasteiger partial charge is 0.382 e. The molecule has 1 aliphatic heterocycles. The predicted molar refractivity (Wildman–Crippen MR) is 53.7 cm³/mol. The molecule has 2 heterocycles. The molecule has 0 bridgehead atoms. The zero-order valence-electron chi connectivity index (χ0n) is 8.17. The zero-order chi connectivity index (χ0) is 9.42. The Morgan fingerprint density at radius 2 is 2.38 bits per heavy atom. The number of nitrogens with one attached hydrogen (secondary N) is 1. The van der Waals surface area contributed by atoms with Gasteiger partial charge in [0, 0.05) is 13.1 Å². The average molecular weight is 180 g/mol. The number of nitrogen functional groups attached to an aromatic ring is 1. The van der Waals surface area contributed by atoms with Crippen LogP contribution in [0.2, 0.25) is 0 Å². The van der Waals surface area contributed by atoms with Gasteiger partial charge in [0.05, 0.1) is 0 Å². The molecule has 1 atom stereocenters. The molecule has 0 aliphatic carbocycles.